The average molecular weight is 333 g/mol. The number of carbonyl (C=O) groups excluding carboxylic acids is 2. The largest absolute Gasteiger partial charge is 0.369 e. The van der Waals surface area contributed by atoms with E-state index in [4.69, 9.17) is 5.73 Å². The Labute approximate surface area is 143 Å². The van der Waals surface area contributed by atoms with Gasteiger partial charge in [0.2, 0.25) is 11.8 Å². The second kappa shape index (κ2) is 9.24. The fourth-order valence-electron chi connectivity index (χ4n) is 2.84. The second-order valence-electron chi connectivity index (χ2n) is 6.07. The van der Waals surface area contributed by atoms with Crippen molar-refractivity contribution in [3.8, 4) is 0 Å². The molecule has 1 aliphatic rings. The van der Waals surface area contributed by atoms with Crippen LogP contribution in [0.5, 0.6) is 0 Å². The molecule has 1 unspecified atom stereocenters. The van der Waals surface area contributed by atoms with Crippen molar-refractivity contribution >= 4 is 17.5 Å². The van der Waals surface area contributed by atoms with E-state index in [1.54, 1.807) is 0 Å². The van der Waals surface area contributed by atoms with Gasteiger partial charge in [0, 0.05) is 44.5 Å². The third-order valence-corrected chi connectivity index (χ3v) is 4.06. The fraction of sp³-hybridized carbons (Fsp3) is 0.529. The maximum Gasteiger partial charge on any atom is 0.239 e. The van der Waals surface area contributed by atoms with Gasteiger partial charge >= 0.3 is 0 Å². The van der Waals surface area contributed by atoms with Crippen LogP contribution in [-0.4, -0.2) is 68.6 Å². The standard InChI is InChI=1S/C17H27N5O2/c1-14(20-17(24)12-19-16(23)11-18)13-21-7-9-22(10-8-21)15-5-3-2-4-6-15/h2-6,14H,7-13,18H2,1H3,(H,19,23)(H,20,24). The van der Waals surface area contributed by atoms with Crippen molar-refractivity contribution in [2.24, 2.45) is 5.73 Å². The first-order chi connectivity index (χ1) is 11.6. The van der Waals surface area contributed by atoms with Gasteiger partial charge in [0.1, 0.15) is 0 Å². The number of rotatable bonds is 7. The zero-order chi connectivity index (χ0) is 17.4. The van der Waals surface area contributed by atoms with Crippen LogP contribution in [-0.2, 0) is 9.59 Å². The Hall–Kier alpha value is -2.12. The molecule has 1 aromatic rings. The molecule has 1 atom stereocenters. The van der Waals surface area contributed by atoms with Crippen molar-refractivity contribution in [1.82, 2.24) is 15.5 Å². The van der Waals surface area contributed by atoms with E-state index in [0.29, 0.717) is 0 Å². The van der Waals surface area contributed by atoms with Crippen LogP contribution in [0.4, 0.5) is 5.69 Å². The summed E-state index contributed by atoms with van der Waals surface area (Å²) in [6, 6.07) is 10.4. The van der Waals surface area contributed by atoms with Gasteiger partial charge in [0.05, 0.1) is 13.1 Å². The Morgan fingerprint density at radius 1 is 1.12 bits per heavy atom. The Balaban J connectivity index is 1.67. The van der Waals surface area contributed by atoms with E-state index < -0.39 is 0 Å². The summed E-state index contributed by atoms with van der Waals surface area (Å²) < 4.78 is 0. The minimum atomic E-state index is -0.324. The first-order valence-electron chi connectivity index (χ1n) is 8.37. The minimum Gasteiger partial charge on any atom is -0.369 e. The molecule has 0 bridgehead atoms. The Bertz CT molecular complexity index is 529. The zero-order valence-electron chi connectivity index (χ0n) is 14.2. The second-order valence-corrected chi connectivity index (χ2v) is 6.07. The van der Waals surface area contributed by atoms with Crippen molar-refractivity contribution in [2.45, 2.75) is 13.0 Å². The molecular formula is C17H27N5O2. The molecule has 7 nitrogen and oxygen atoms in total. The normalized spacial score (nSPS) is 16.5. The van der Waals surface area contributed by atoms with Crippen LogP contribution < -0.4 is 21.3 Å². The molecule has 2 rings (SSSR count). The van der Waals surface area contributed by atoms with Crippen molar-refractivity contribution in [3.05, 3.63) is 30.3 Å². The van der Waals surface area contributed by atoms with E-state index in [2.05, 4.69) is 44.7 Å². The maximum absolute atomic E-state index is 11.8. The van der Waals surface area contributed by atoms with Gasteiger partial charge < -0.3 is 21.3 Å². The summed E-state index contributed by atoms with van der Waals surface area (Å²) in [6.07, 6.45) is 0. The quantitative estimate of drug-likeness (QED) is 0.619. The topological polar surface area (TPSA) is 90.7 Å². The summed E-state index contributed by atoms with van der Waals surface area (Å²) in [7, 11) is 0. The van der Waals surface area contributed by atoms with E-state index >= 15 is 0 Å². The summed E-state index contributed by atoms with van der Waals surface area (Å²) in [5, 5.41) is 5.37. The number of nitrogens with two attached hydrogens (primary N) is 1. The highest BCUT2D eigenvalue weighted by atomic mass is 16.2. The van der Waals surface area contributed by atoms with Gasteiger partial charge in [0.15, 0.2) is 0 Å². The van der Waals surface area contributed by atoms with Crippen LogP contribution in [0.15, 0.2) is 30.3 Å². The SMILES string of the molecule is CC(CN1CCN(c2ccccc2)CC1)NC(=O)CNC(=O)CN. The number of benzene rings is 1. The monoisotopic (exact) mass is 333 g/mol. The van der Waals surface area contributed by atoms with E-state index in [0.717, 1.165) is 32.7 Å². The minimum absolute atomic E-state index is 0.0256. The number of hydrogen-bond donors (Lipinski definition) is 3. The molecule has 1 saturated heterocycles. The number of nitrogens with zero attached hydrogens (tertiary/aromatic N) is 2. The van der Waals surface area contributed by atoms with E-state index in [1.807, 2.05) is 13.0 Å². The van der Waals surface area contributed by atoms with Crippen LogP contribution in [0.3, 0.4) is 0 Å². The molecule has 0 aromatic heterocycles. The molecule has 1 aliphatic heterocycles. The first-order valence-corrected chi connectivity index (χ1v) is 8.37. The van der Waals surface area contributed by atoms with Crippen molar-refractivity contribution in [1.29, 1.82) is 0 Å². The molecule has 4 N–H and O–H groups in total. The van der Waals surface area contributed by atoms with Crippen molar-refractivity contribution < 1.29 is 9.59 Å². The molecule has 1 aromatic carbocycles. The number of para-hydroxylation sites is 1. The van der Waals surface area contributed by atoms with Crippen LogP contribution in [0.2, 0.25) is 0 Å². The number of carbonyl (C=O) groups is 2. The van der Waals surface area contributed by atoms with Crippen LogP contribution in [0, 0.1) is 0 Å². The van der Waals surface area contributed by atoms with Gasteiger partial charge in [-0.15, -0.1) is 0 Å². The number of amides is 2. The van der Waals surface area contributed by atoms with Gasteiger partial charge in [0.25, 0.3) is 0 Å². The van der Waals surface area contributed by atoms with Gasteiger partial charge in [-0.3, -0.25) is 14.5 Å². The fourth-order valence-corrected chi connectivity index (χ4v) is 2.84. The van der Waals surface area contributed by atoms with E-state index in [-0.39, 0.29) is 30.9 Å². The van der Waals surface area contributed by atoms with Gasteiger partial charge in [-0.1, -0.05) is 18.2 Å². The third-order valence-electron chi connectivity index (χ3n) is 4.06. The Kier molecular flexibility index (Phi) is 7.02. The molecule has 24 heavy (non-hydrogen) atoms. The molecule has 7 heteroatoms. The number of nitrogens with one attached hydrogen (secondary N) is 2. The van der Waals surface area contributed by atoms with Gasteiger partial charge in [-0.2, -0.15) is 0 Å². The molecule has 0 saturated carbocycles. The Morgan fingerprint density at radius 3 is 2.42 bits per heavy atom. The number of anilines is 1. The lowest BCUT2D eigenvalue weighted by Crippen LogP contribution is -2.51. The lowest BCUT2D eigenvalue weighted by atomic mass is 10.2. The highest BCUT2D eigenvalue weighted by Gasteiger charge is 2.19. The van der Waals surface area contributed by atoms with Crippen LogP contribution in [0.1, 0.15) is 6.92 Å². The summed E-state index contributed by atoms with van der Waals surface area (Å²) >= 11 is 0. The predicted molar refractivity (Wildman–Crippen MR) is 94.8 cm³/mol. The van der Waals surface area contributed by atoms with Gasteiger partial charge in [-0.05, 0) is 19.1 Å². The zero-order valence-corrected chi connectivity index (χ0v) is 14.2. The van der Waals surface area contributed by atoms with E-state index in [1.165, 1.54) is 5.69 Å². The van der Waals surface area contributed by atoms with Crippen molar-refractivity contribution in [2.75, 3.05) is 50.7 Å². The lowest BCUT2D eigenvalue weighted by molar-refractivity contribution is -0.125. The number of piperazine rings is 1. The maximum atomic E-state index is 11.8. The molecule has 2 amide bonds. The molecule has 1 heterocycles. The lowest BCUT2D eigenvalue weighted by Gasteiger charge is -2.37. The van der Waals surface area contributed by atoms with Crippen LogP contribution in [0.25, 0.3) is 0 Å². The summed E-state index contributed by atoms with van der Waals surface area (Å²) in [5.74, 6) is -0.512. The smallest absolute Gasteiger partial charge is 0.239 e. The van der Waals surface area contributed by atoms with Crippen LogP contribution >= 0.6 is 0 Å². The molecule has 132 valence electrons. The highest BCUT2D eigenvalue weighted by Crippen LogP contribution is 2.15. The molecule has 0 aliphatic carbocycles. The molecule has 0 radical (unpaired) electrons. The predicted octanol–water partition coefficient (Wildman–Crippen LogP) is -0.612. The summed E-state index contributed by atoms with van der Waals surface area (Å²) in [4.78, 5) is 27.5. The third kappa shape index (κ3) is 5.82. The molecule has 1 fully saturated rings. The van der Waals surface area contributed by atoms with Gasteiger partial charge in [-0.25, -0.2) is 0 Å². The summed E-state index contributed by atoms with van der Waals surface area (Å²) in [5.41, 5.74) is 6.44. The average Bonchev–Trinajstić information content (AvgIpc) is 2.61. The highest BCUT2D eigenvalue weighted by molar-refractivity contribution is 5.85. The first kappa shape index (κ1) is 18.2. The molecule has 0 spiro atoms. The Morgan fingerprint density at radius 2 is 1.79 bits per heavy atom. The summed E-state index contributed by atoms with van der Waals surface area (Å²) in [6.45, 7) is 6.56. The van der Waals surface area contributed by atoms with E-state index in [9.17, 15) is 9.59 Å². The number of hydrogen-bond acceptors (Lipinski definition) is 5. The van der Waals surface area contributed by atoms with Crippen molar-refractivity contribution in [3.63, 3.8) is 0 Å². The molecular weight excluding hydrogens is 306 g/mol.